The molecule has 0 fully saturated rings. The largest absolute Gasteiger partial charge is 0.435 e. The van der Waals surface area contributed by atoms with Crippen molar-refractivity contribution < 1.29 is 31.8 Å². The molecule has 7 heteroatoms. The molecule has 0 aliphatic rings. The third kappa shape index (κ3) is 7.57. The molecule has 0 amide bonds. The first-order valence-electron chi connectivity index (χ1n) is 9.60. The van der Waals surface area contributed by atoms with Crippen molar-refractivity contribution in [1.82, 2.24) is 0 Å². The third-order valence-corrected chi connectivity index (χ3v) is 4.78. The van der Waals surface area contributed by atoms with E-state index in [1.165, 1.54) is 24.3 Å². The highest BCUT2D eigenvalue weighted by atomic mass is 19.3. The lowest BCUT2D eigenvalue weighted by molar-refractivity contribution is -0.0505. The van der Waals surface area contributed by atoms with Crippen LogP contribution in [-0.2, 0) is 4.74 Å². The van der Waals surface area contributed by atoms with Gasteiger partial charge in [0.2, 0.25) is 0 Å². The summed E-state index contributed by atoms with van der Waals surface area (Å²) in [5.74, 6) is 0.527. The predicted octanol–water partition coefficient (Wildman–Crippen LogP) is 6.59. The van der Waals surface area contributed by atoms with E-state index in [0.717, 1.165) is 24.0 Å². The molecule has 0 aromatic heterocycles. The maximum absolute atomic E-state index is 12.3. The van der Waals surface area contributed by atoms with Crippen molar-refractivity contribution in [1.29, 1.82) is 0 Å². The van der Waals surface area contributed by atoms with Gasteiger partial charge in [0, 0.05) is 11.8 Å². The highest BCUT2D eigenvalue weighted by Crippen LogP contribution is 2.26. The van der Waals surface area contributed by atoms with Crippen LogP contribution in [0.15, 0.2) is 48.5 Å². The molecule has 0 aliphatic heterocycles. The van der Waals surface area contributed by atoms with Crippen LogP contribution in [0.5, 0.6) is 11.5 Å². The molecule has 0 spiro atoms. The fourth-order valence-electron chi connectivity index (χ4n) is 3.09. The normalized spacial score (nSPS) is 13.5. The van der Waals surface area contributed by atoms with E-state index in [2.05, 4.69) is 9.47 Å². The van der Waals surface area contributed by atoms with E-state index in [-0.39, 0.29) is 23.3 Å². The molecule has 0 aliphatic carbocycles. The monoisotopic (exact) mass is 414 g/mol. The Kier molecular flexibility index (Phi) is 9.25. The van der Waals surface area contributed by atoms with Gasteiger partial charge in [0.05, 0.1) is 13.2 Å². The Balaban J connectivity index is 1.89. The minimum Gasteiger partial charge on any atom is -0.435 e. The number of hydrogen-bond acceptors (Lipinski definition) is 3. The van der Waals surface area contributed by atoms with E-state index >= 15 is 0 Å². The van der Waals surface area contributed by atoms with Crippen LogP contribution in [0.3, 0.4) is 0 Å². The molecule has 2 aromatic carbocycles. The van der Waals surface area contributed by atoms with Crippen molar-refractivity contribution >= 4 is 0 Å². The molecule has 160 valence electrons. The lowest BCUT2D eigenvalue weighted by Crippen LogP contribution is -2.13. The Hall–Kier alpha value is -2.28. The Morgan fingerprint density at radius 2 is 0.966 bits per heavy atom. The smallest absolute Gasteiger partial charge is 0.387 e. The molecule has 0 heterocycles. The zero-order valence-electron chi connectivity index (χ0n) is 16.5. The van der Waals surface area contributed by atoms with Gasteiger partial charge in [-0.3, -0.25) is 0 Å². The third-order valence-electron chi connectivity index (χ3n) is 4.78. The molecule has 2 rings (SSSR count). The molecule has 2 unspecified atom stereocenters. The van der Waals surface area contributed by atoms with Crippen molar-refractivity contribution in [2.45, 2.75) is 51.7 Å². The summed E-state index contributed by atoms with van der Waals surface area (Å²) in [5, 5.41) is 0. The van der Waals surface area contributed by atoms with Gasteiger partial charge in [-0.05, 0) is 48.2 Å². The highest BCUT2D eigenvalue weighted by molar-refractivity contribution is 5.30. The van der Waals surface area contributed by atoms with E-state index in [0.29, 0.717) is 13.2 Å². The second-order valence-electron chi connectivity index (χ2n) is 6.64. The summed E-state index contributed by atoms with van der Waals surface area (Å²) in [5.41, 5.74) is 1.99. The molecule has 0 N–H and O–H groups in total. The number of hydrogen-bond donors (Lipinski definition) is 0. The van der Waals surface area contributed by atoms with E-state index in [4.69, 9.17) is 4.74 Å². The van der Waals surface area contributed by atoms with Gasteiger partial charge < -0.3 is 14.2 Å². The second kappa shape index (κ2) is 11.7. The van der Waals surface area contributed by atoms with Crippen molar-refractivity contribution in [2.75, 3.05) is 13.2 Å². The van der Waals surface area contributed by atoms with Gasteiger partial charge in [-0.15, -0.1) is 0 Å². The maximum atomic E-state index is 12.3. The van der Waals surface area contributed by atoms with E-state index in [1.807, 2.05) is 13.8 Å². The Morgan fingerprint density at radius 3 is 1.24 bits per heavy atom. The SMILES string of the molecule is CCC(COCC(CC)c1ccc(OC(F)F)cc1)c1ccc(OC(F)F)cc1. The Bertz CT molecular complexity index is 644. The molecule has 0 radical (unpaired) electrons. The van der Waals surface area contributed by atoms with Crippen LogP contribution in [0.2, 0.25) is 0 Å². The van der Waals surface area contributed by atoms with Crippen LogP contribution >= 0.6 is 0 Å². The maximum Gasteiger partial charge on any atom is 0.387 e. The number of ether oxygens (including phenoxy) is 3. The van der Waals surface area contributed by atoms with E-state index in [9.17, 15) is 17.6 Å². The van der Waals surface area contributed by atoms with Crippen LogP contribution in [0.25, 0.3) is 0 Å². The van der Waals surface area contributed by atoms with Crippen LogP contribution in [-0.4, -0.2) is 26.4 Å². The molecule has 2 aromatic rings. The summed E-state index contributed by atoms with van der Waals surface area (Å²) < 4.78 is 63.7. The van der Waals surface area contributed by atoms with Gasteiger partial charge in [0.25, 0.3) is 0 Å². The quantitative estimate of drug-likeness (QED) is 0.367. The highest BCUT2D eigenvalue weighted by Gasteiger charge is 2.15. The fourth-order valence-corrected chi connectivity index (χ4v) is 3.09. The summed E-state index contributed by atoms with van der Waals surface area (Å²) in [4.78, 5) is 0. The summed E-state index contributed by atoms with van der Waals surface area (Å²) in [6.45, 7) is -0.613. The van der Waals surface area contributed by atoms with Gasteiger partial charge in [-0.25, -0.2) is 0 Å². The number of halogens is 4. The summed E-state index contributed by atoms with van der Waals surface area (Å²) in [6, 6.07) is 13.2. The second-order valence-corrected chi connectivity index (χ2v) is 6.64. The van der Waals surface area contributed by atoms with Crippen molar-refractivity contribution in [3.05, 3.63) is 59.7 Å². The van der Waals surface area contributed by atoms with Crippen molar-refractivity contribution in [3.8, 4) is 11.5 Å². The molecule has 0 saturated carbocycles. The Morgan fingerprint density at radius 1 is 0.621 bits per heavy atom. The van der Waals surface area contributed by atoms with Crippen LogP contribution in [0.4, 0.5) is 17.6 Å². The molecule has 2 atom stereocenters. The van der Waals surface area contributed by atoms with Gasteiger partial charge in [-0.1, -0.05) is 38.1 Å². The van der Waals surface area contributed by atoms with Crippen molar-refractivity contribution in [3.63, 3.8) is 0 Å². The zero-order chi connectivity index (χ0) is 21.2. The lowest BCUT2D eigenvalue weighted by atomic mass is 9.96. The summed E-state index contributed by atoms with van der Waals surface area (Å²) >= 11 is 0. The molecular weight excluding hydrogens is 388 g/mol. The minimum atomic E-state index is -2.84. The van der Waals surface area contributed by atoms with E-state index in [1.54, 1.807) is 24.3 Å². The molecule has 3 nitrogen and oxygen atoms in total. The number of rotatable bonds is 12. The zero-order valence-corrected chi connectivity index (χ0v) is 16.5. The topological polar surface area (TPSA) is 27.7 Å². The van der Waals surface area contributed by atoms with E-state index < -0.39 is 13.2 Å². The van der Waals surface area contributed by atoms with Gasteiger partial charge in [-0.2, -0.15) is 17.6 Å². The Labute approximate surface area is 168 Å². The standard InChI is InChI=1S/C22H26F4O3/c1-3-15(17-5-9-19(10-6-17)28-21(23)24)13-27-14-16(4-2)18-7-11-20(12-8-18)29-22(25)26/h5-12,15-16,21-22H,3-4,13-14H2,1-2H3. The first-order valence-corrected chi connectivity index (χ1v) is 9.60. The molecule has 0 saturated heterocycles. The predicted molar refractivity (Wildman–Crippen MR) is 103 cm³/mol. The summed E-state index contributed by atoms with van der Waals surface area (Å²) in [7, 11) is 0. The fraction of sp³-hybridized carbons (Fsp3) is 0.455. The average molecular weight is 414 g/mol. The molecule has 29 heavy (non-hydrogen) atoms. The van der Waals surface area contributed by atoms with Crippen molar-refractivity contribution in [2.24, 2.45) is 0 Å². The van der Waals surface area contributed by atoms with Crippen LogP contribution in [0.1, 0.15) is 49.7 Å². The molecular formula is C22H26F4O3. The first-order chi connectivity index (χ1) is 13.9. The average Bonchev–Trinajstić information content (AvgIpc) is 2.69. The van der Waals surface area contributed by atoms with Crippen LogP contribution in [0, 0.1) is 0 Å². The first kappa shape index (κ1) is 23.0. The lowest BCUT2D eigenvalue weighted by Gasteiger charge is -2.20. The van der Waals surface area contributed by atoms with Gasteiger partial charge in [0.15, 0.2) is 0 Å². The number of alkyl halides is 4. The van der Waals surface area contributed by atoms with Gasteiger partial charge >= 0.3 is 13.2 Å². The minimum absolute atomic E-state index is 0.129. The molecule has 0 bridgehead atoms. The number of benzene rings is 2. The summed E-state index contributed by atoms with van der Waals surface area (Å²) in [6.07, 6.45) is 1.68. The van der Waals surface area contributed by atoms with Crippen LogP contribution < -0.4 is 9.47 Å². The van der Waals surface area contributed by atoms with Gasteiger partial charge in [0.1, 0.15) is 11.5 Å².